The number of halogens is 2. The largest absolute Gasteiger partial charge is 0.389 e. The molecule has 2 N–H and O–H groups in total. The molecule has 2 rings (SSSR count). The smallest absolute Gasteiger partial charge is 0.0920 e. The molecule has 4 nitrogen and oxygen atoms in total. The highest BCUT2D eigenvalue weighted by atomic mass is 79.9. The van der Waals surface area contributed by atoms with Gasteiger partial charge in [0.2, 0.25) is 0 Å². The van der Waals surface area contributed by atoms with Gasteiger partial charge >= 0.3 is 0 Å². The topological polar surface area (TPSA) is 58.9 Å². The fourth-order valence-electron chi connectivity index (χ4n) is 1.03. The van der Waals surface area contributed by atoms with Gasteiger partial charge in [-0.15, -0.1) is 0 Å². The third kappa shape index (κ3) is 4.12. The second-order valence-electron chi connectivity index (χ2n) is 3.24. The SMILES string of the molecule is O[C@@H]1COC[C@H]1Br.O[C@H]1COC[C@@H]1Br. The van der Waals surface area contributed by atoms with Crippen molar-refractivity contribution in [2.75, 3.05) is 26.4 Å². The van der Waals surface area contributed by atoms with Gasteiger partial charge in [-0.2, -0.15) is 0 Å². The maximum absolute atomic E-state index is 8.83. The van der Waals surface area contributed by atoms with Gasteiger partial charge < -0.3 is 19.7 Å². The van der Waals surface area contributed by atoms with Gasteiger partial charge in [-0.3, -0.25) is 0 Å². The van der Waals surface area contributed by atoms with Crippen LogP contribution in [0.2, 0.25) is 0 Å². The molecule has 2 heterocycles. The summed E-state index contributed by atoms with van der Waals surface area (Å²) in [6.45, 7) is 2.24. The van der Waals surface area contributed by atoms with Crippen LogP contribution in [-0.2, 0) is 9.47 Å². The van der Waals surface area contributed by atoms with E-state index in [-0.39, 0.29) is 21.9 Å². The van der Waals surface area contributed by atoms with E-state index in [9.17, 15) is 0 Å². The molecule has 0 amide bonds. The molecule has 0 aromatic carbocycles. The minimum Gasteiger partial charge on any atom is -0.389 e. The molecule has 0 bridgehead atoms. The quantitative estimate of drug-likeness (QED) is 0.625. The zero-order valence-electron chi connectivity index (χ0n) is 7.60. The second-order valence-corrected chi connectivity index (χ2v) is 5.59. The van der Waals surface area contributed by atoms with E-state index in [1.807, 2.05) is 0 Å². The number of hydrogen-bond donors (Lipinski definition) is 2. The van der Waals surface area contributed by atoms with Crippen molar-refractivity contribution < 1.29 is 19.7 Å². The summed E-state index contributed by atoms with van der Waals surface area (Å²) in [4.78, 5) is 0.319. The molecule has 14 heavy (non-hydrogen) atoms. The van der Waals surface area contributed by atoms with Gasteiger partial charge in [-0.05, 0) is 0 Å². The highest BCUT2D eigenvalue weighted by molar-refractivity contribution is 9.09. The van der Waals surface area contributed by atoms with E-state index in [0.29, 0.717) is 26.4 Å². The lowest BCUT2D eigenvalue weighted by Crippen LogP contribution is -2.16. The fraction of sp³-hybridized carbons (Fsp3) is 1.00. The lowest BCUT2D eigenvalue weighted by atomic mass is 10.3. The monoisotopic (exact) mass is 332 g/mol. The molecule has 84 valence electrons. The van der Waals surface area contributed by atoms with E-state index < -0.39 is 0 Å². The zero-order valence-corrected chi connectivity index (χ0v) is 10.8. The minimum atomic E-state index is -0.292. The number of alkyl halides is 2. The summed E-state index contributed by atoms with van der Waals surface area (Å²) in [6, 6.07) is 0. The van der Waals surface area contributed by atoms with Crippen molar-refractivity contribution in [3.63, 3.8) is 0 Å². The molecule has 4 atom stereocenters. The van der Waals surface area contributed by atoms with E-state index in [0.717, 1.165) is 0 Å². The molecular weight excluding hydrogens is 320 g/mol. The van der Waals surface area contributed by atoms with Gasteiger partial charge in [0.25, 0.3) is 0 Å². The summed E-state index contributed by atoms with van der Waals surface area (Å²) in [5, 5.41) is 17.7. The molecule has 0 saturated carbocycles. The second kappa shape index (κ2) is 6.40. The summed E-state index contributed by atoms with van der Waals surface area (Å²) < 4.78 is 9.74. The Morgan fingerprint density at radius 2 is 1.14 bits per heavy atom. The average Bonchev–Trinajstić information content (AvgIpc) is 2.67. The Bertz CT molecular complexity index is 135. The number of rotatable bonds is 0. The van der Waals surface area contributed by atoms with Crippen LogP contribution in [0.4, 0.5) is 0 Å². The van der Waals surface area contributed by atoms with E-state index in [4.69, 9.17) is 19.7 Å². The predicted octanol–water partition coefficient (Wildman–Crippen LogP) is 0.282. The number of aliphatic hydroxyl groups excluding tert-OH is 2. The standard InChI is InChI=1S/2C4H7BrO2/c2*5-3-1-7-2-4(3)6/h2*3-4,6H,1-2H2/t2*3-,4-/m10/s1. The number of aliphatic hydroxyl groups is 2. The van der Waals surface area contributed by atoms with Gasteiger partial charge in [-0.25, -0.2) is 0 Å². The predicted molar refractivity (Wildman–Crippen MR) is 59.1 cm³/mol. The van der Waals surface area contributed by atoms with Crippen molar-refractivity contribution in [3.8, 4) is 0 Å². The summed E-state index contributed by atoms with van der Waals surface area (Å²) in [5.41, 5.74) is 0. The Morgan fingerprint density at radius 1 is 0.786 bits per heavy atom. The Hall–Kier alpha value is 0.800. The molecule has 2 saturated heterocycles. The Morgan fingerprint density at radius 3 is 1.21 bits per heavy atom. The number of hydrogen-bond acceptors (Lipinski definition) is 4. The number of ether oxygens (including phenoxy) is 2. The van der Waals surface area contributed by atoms with Crippen LogP contribution in [0.5, 0.6) is 0 Å². The first kappa shape index (κ1) is 12.9. The van der Waals surface area contributed by atoms with Crippen LogP contribution >= 0.6 is 31.9 Å². The van der Waals surface area contributed by atoms with E-state index in [2.05, 4.69) is 31.9 Å². The lowest BCUT2D eigenvalue weighted by molar-refractivity contribution is 0.127. The van der Waals surface area contributed by atoms with Crippen LogP contribution in [0.25, 0.3) is 0 Å². The molecule has 2 aliphatic heterocycles. The lowest BCUT2D eigenvalue weighted by Gasteiger charge is -1.98. The molecule has 0 aromatic rings. The minimum absolute atomic E-state index is 0.160. The van der Waals surface area contributed by atoms with Gasteiger partial charge in [-0.1, -0.05) is 31.9 Å². The Balaban J connectivity index is 0.000000140. The van der Waals surface area contributed by atoms with Crippen molar-refractivity contribution in [3.05, 3.63) is 0 Å². The van der Waals surface area contributed by atoms with Crippen molar-refractivity contribution in [1.82, 2.24) is 0 Å². The molecule has 2 aliphatic rings. The van der Waals surface area contributed by atoms with Crippen molar-refractivity contribution in [2.24, 2.45) is 0 Å². The van der Waals surface area contributed by atoms with Crippen molar-refractivity contribution in [2.45, 2.75) is 21.9 Å². The maximum Gasteiger partial charge on any atom is 0.0920 e. The summed E-state index contributed by atoms with van der Waals surface area (Å²) in [7, 11) is 0. The third-order valence-corrected chi connectivity index (χ3v) is 3.72. The van der Waals surface area contributed by atoms with Crippen LogP contribution in [0.1, 0.15) is 0 Å². The maximum atomic E-state index is 8.83. The Kier molecular flexibility index (Phi) is 5.88. The molecule has 0 aliphatic carbocycles. The van der Waals surface area contributed by atoms with Crippen molar-refractivity contribution >= 4 is 31.9 Å². The van der Waals surface area contributed by atoms with Crippen molar-refractivity contribution in [1.29, 1.82) is 0 Å². The Labute approximate surface area is 99.8 Å². The molecule has 2 fully saturated rings. The highest BCUT2D eigenvalue weighted by Crippen LogP contribution is 2.13. The van der Waals surface area contributed by atoms with Crippen LogP contribution in [0.3, 0.4) is 0 Å². The fourth-order valence-corrected chi connectivity index (χ4v) is 1.71. The van der Waals surface area contributed by atoms with Crippen LogP contribution < -0.4 is 0 Å². The van der Waals surface area contributed by atoms with Crippen LogP contribution in [0, 0.1) is 0 Å². The van der Waals surface area contributed by atoms with E-state index in [1.165, 1.54) is 0 Å². The molecule has 0 spiro atoms. The molecule has 0 unspecified atom stereocenters. The molecule has 0 aromatic heterocycles. The van der Waals surface area contributed by atoms with E-state index in [1.54, 1.807) is 0 Å². The van der Waals surface area contributed by atoms with Gasteiger partial charge in [0, 0.05) is 0 Å². The summed E-state index contributed by atoms with van der Waals surface area (Å²) in [6.07, 6.45) is -0.583. The zero-order chi connectivity index (χ0) is 10.6. The third-order valence-electron chi connectivity index (χ3n) is 1.97. The first-order valence-electron chi connectivity index (χ1n) is 4.41. The molecule has 0 radical (unpaired) electrons. The summed E-state index contributed by atoms with van der Waals surface area (Å²) >= 11 is 6.46. The van der Waals surface area contributed by atoms with Gasteiger partial charge in [0.05, 0.1) is 48.3 Å². The van der Waals surface area contributed by atoms with Crippen LogP contribution in [0.15, 0.2) is 0 Å². The van der Waals surface area contributed by atoms with Gasteiger partial charge in [0.1, 0.15) is 0 Å². The van der Waals surface area contributed by atoms with Gasteiger partial charge in [0.15, 0.2) is 0 Å². The average molecular weight is 334 g/mol. The van der Waals surface area contributed by atoms with E-state index >= 15 is 0 Å². The highest BCUT2D eigenvalue weighted by Gasteiger charge is 2.22. The first-order chi connectivity index (χ1) is 6.61. The molecular formula is C8H14Br2O4. The molecule has 6 heteroatoms. The van der Waals surface area contributed by atoms with Crippen LogP contribution in [-0.4, -0.2) is 58.5 Å². The first-order valence-corrected chi connectivity index (χ1v) is 6.24. The normalized spacial score (nSPS) is 42.0. The summed E-state index contributed by atoms with van der Waals surface area (Å²) in [5.74, 6) is 0.